The number of hydrazine groups is 1. The zero-order chi connectivity index (χ0) is 15.1. The molecular weight excluding hydrogens is 280 g/mol. The largest absolute Gasteiger partial charge is 0.494 e. The van der Waals surface area contributed by atoms with E-state index in [0.717, 1.165) is 22.6 Å². The molecule has 4 heteroatoms. The third kappa shape index (κ3) is 4.24. The predicted molar refractivity (Wildman–Crippen MR) is 89.6 cm³/mol. The first-order chi connectivity index (χ1) is 10.3. The molecular formula is C17H22N2OS. The summed E-state index contributed by atoms with van der Waals surface area (Å²) in [5.74, 6) is 7.71. The molecule has 112 valence electrons. The maximum atomic E-state index is 5.74. The molecule has 0 aliphatic rings. The molecule has 0 spiro atoms. The van der Waals surface area contributed by atoms with Crippen molar-refractivity contribution in [3.8, 4) is 5.75 Å². The minimum absolute atomic E-state index is 0.0126. The summed E-state index contributed by atoms with van der Waals surface area (Å²) in [5, 5.41) is 0. The van der Waals surface area contributed by atoms with Crippen molar-refractivity contribution in [3.05, 3.63) is 59.7 Å². The van der Waals surface area contributed by atoms with E-state index in [4.69, 9.17) is 10.6 Å². The molecule has 2 aromatic rings. The van der Waals surface area contributed by atoms with Crippen molar-refractivity contribution < 1.29 is 4.74 Å². The van der Waals surface area contributed by atoms with Crippen LogP contribution in [0.25, 0.3) is 0 Å². The third-order valence-corrected chi connectivity index (χ3v) is 4.11. The Morgan fingerprint density at radius 2 is 1.57 bits per heavy atom. The first-order valence-corrected chi connectivity index (χ1v) is 8.18. The van der Waals surface area contributed by atoms with Crippen LogP contribution in [0.3, 0.4) is 0 Å². The second kappa shape index (κ2) is 8.08. The van der Waals surface area contributed by atoms with Crippen molar-refractivity contribution >= 4 is 11.8 Å². The van der Waals surface area contributed by atoms with Gasteiger partial charge in [-0.3, -0.25) is 5.84 Å². The Morgan fingerprint density at radius 1 is 1.00 bits per heavy atom. The molecule has 1 unspecified atom stereocenters. The van der Waals surface area contributed by atoms with Crippen molar-refractivity contribution in [2.75, 3.05) is 12.4 Å². The molecule has 3 N–H and O–H groups in total. The highest BCUT2D eigenvalue weighted by atomic mass is 32.2. The minimum atomic E-state index is -0.0126. The summed E-state index contributed by atoms with van der Waals surface area (Å²) in [6.07, 6.45) is 0. The molecule has 0 bridgehead atoms. The number of thioether (sulfide) groups is 1. The SMILES string of the molecule is CCOc1ccc(C(NN)c2ccc(SCC)cc2)cc1. The van der Waals surface area contributed by atoms with Gasteiger partial charge in [0.25, 0.3) is 0 Å². The molecule has 0 heterocycles. The van der Waals surface area contributed by atoms with Crippen LogP contribution in [0.2, 0.25) is 0 Å². The van der Waals surface area contributed by atoms with Crippen LogP contribution in [0.4, 0.5) is 0 Å². The van der Waals surface area contributed by atoms with E-state index in [1.165, 1.54) is 4.90 Å². The van der Waals surface area contributed by atoms with Crippen LogP contribution >= 0.6 is 11.8 Å². The maximum absolute atomic E-state index is 5.74. The van der Waals surface area contributed by atoms with E-state index in [0.29, 0.717) is 6.61 Å². The van der Waals surface area contributed by atoms with Crippen molar-refractivity contribution in [3.63, 3.8) is 0 Å². The van der Waals surface area contributed by atoms with Crippen molar-refractivity contribution in [2.45, 2.75) is 24.8 Å². The highest BCUT2D eigenvalue weighted by Crippen LogP contribution is 2.26. The van der Waals surface area contributed by atoms with Crippen LogP contribution in [0, 0.1) is 0 Å². The first-order valence-electron chi connectivity index (χ1n) is 7.20. The number of nitrogens with one attached hydrogen (secondary N) is 1. The van der Waals surface area contributed by atoms with Gasteiger partial charge in [0.05, 0.1) is 12.6 Å². The Kier molecular flexibility index (Phi) is 6.11. The highest BCUT2D eigenvalue weighted by molar-refractivity contribution is 7.99. The predicted octanol–water partition coefficient (Wildman–Crippen LogP) is 3.75. The molecule has 1 atom stereocenters. The van der Waals surface area contributed by atoms with E-state index in [1.54, 1.807) is 0 Å². The summed E-state index contributed by atoms with van der Waals surface area (Å²) < 4.78 is 5.47. The van der Waals surface area contributed by atoms with Crippen molar-refractivity contribution in [2.24, 2.45) is 5.84 Å². The van der Waals surface area contributed by atoms with Gasteiger partial charge in [-0.25, -0.2) is 5.43 Å². The van der Waals surface area contributed by atoms with Gasteiger partial charge in [-0.2, -0.15) is 0 Å². The van der Waals surface area contributed by atoms with Crippen LogP contribution in [0.1, 0.15) is 31.0 Å². The molecule has 0 amide bonds. The molecule has 0 aliphatic heterocycles. The Bertz CT molecular complexity index is 490. The summed E-state index contributed by atoms with van der Waals surface area (Å²) in [5.41, 5.74) is 5.17. The van der Waals surface area contributed by atoms with Gasteiger partial charge in [-0.15, -0.1) is 11.8 Å². The number of nitrogens with two attached hydrogens (primary N) is 1. The van der Waals surface area contributed by atoms with Gasteiger partial charge in [0.2, 0.25) is 0 Å². The van der Waals surface area contributed by atoms with Crippen LogP contribution in [-0.2, 0) is 0 Å². The van der Waals surface area contributed by atoms with E-state index in [1.807, 2.05) is 43.0 Å². The molecule has 0 saturated heterocycles. The maximum Gasteiger partial charge on any atom is 0.119 e. The van der Waals surface area contributed by atoms with E-state index in [9.17, 15) is 0 Å². The van der Waals surface area contributed by atoms with E-state index in [2.05, 4.69) is 36.6 Å². The van der Waals surface area contributed by atoms with E-state index < -0.39 is 0 Å². The number of rotatable bonds is 7. The number of hydrogen-bond acceptors (Lipinski definition) is 4. The molecule has 3 nitrogen and oxygen atoms in total. The lowest BCUT2D eigenvalue weighted by Gasteiger charge is -2.17. The lowest BCUT2D eigenvalue weighted by molar-refractivity contribution is 0.340. The topological polar surface area (TPSA) is 47.3 Å². The van der Waals surface area contributed by atoms with Crippen molar-refractivity contribution in [1.29, 1.82) is 0 Å². The Labute approximate surface area is 130 Å². The molecule has 0 fully saturated rings. The minimum Gasteiger partial charge on any atom is -0.494 e. The highest BCUT2D eigenvalue weighted by Gasteiger charge is 2.12. The number of hydrogen-bond donors (Lipinski definition) is 2. The first kappa shape index (κ1) is 15.9. The second-order valence-electron chi connectivity index (χ2n) is 4.60. The Balaban J connectivity index is 2.18. The Morgan fingerprint density at radius 3 is 2.05 bits per heavy atom. The summed E-state index contributed by atoms with van der Waals surface area (Å²) in [4.78, 5) is 1.28. The number of ether oxygens (including phenoxy) is 1. The third-order valence-electron chi connectivity index (χ3n) is 3.22. The molecule has 2 rings (SSSR count). The van der Waals surface area contributed by atoms with Crippen molar-refractivity contribution in [1.82, 2.24) is 5.43 Å². The molecule has 2 aromatic carbocycles. The van der Waals surface area contributed by atoms with Gasteiger partial charge >= 0.3 is 0 Å². The fourth-order valence-corrected chi connectivity index (χ4v) is 2.89. The fraction of sp³-hybridized carbons (Fsp3) is 0.294. The van der Waals surface area contributed by atoms with E-state index in [-0.39, 0.29) is 6.04 Å². The zero-order valence-corrected chi connectivity index (χ0v) is 13.3. The molecule has 0 saturated carbocycles. The summed E-state index contributed by atoms with van der Waals surface area (Å²) in [7, 11) is 0. The van der Waals surface area contributed by atoms with Gasteiger partial charge in [-0.05, 0) is 48.1 Å². The van der Waals surface area contributed by atoms with Crippen LogP contribution in [0.15, 0.2) is 53.4 Å². The molecule has 0 aromatic heterocycles. The smallest absolute Gasteiger partial charge is 0.119 e. The quantitative estimate of drug-likeness (QED) is 0.464. The average Bonchev–Trinajstić information content (AvgIpc) is 2.52. The summed E-state index contributed by atoms with van der Waals surface area (Å²) in [6.45, 7) is 4.81. The van der Waals surface area contributed by atoms with Gasteiger partial charge in [0.15, 0.2) is 0 Å². The normalized spacial score (nSPS) is 12.1. The van der Waals surface area contributed by atoms with Gasteiger partial charge < -0.3 is 4.74 Å². The molecule has 0 radical (unpaired) electrons. The average molecular weight is 302 g/mol. The summed E-state index contributed by atoms with van der Waals surface area (Å²) in [6, 6.07) is 16.6. The monoisotopic (exact) mass is 302 g/mol. The van der Waals surface area contributed by atoms with Gasteiger partial charge in [0, 0.05) is 4.90 Å². The Hall–Kier alpha value is -1.49. The molecule has 21 heavy (non-hydrogen) atoms. The van der Waals surface area contributed by atoms with Gasteiger partial charge in [-0.1, -0.05) is 31.2 Å². The standard InChI is InChI=1S/C17H22N2OS/c1-3-20-15-9-5-13(6-10-15)17(19-18)14-7-11-16(12-8-14)21-4-2/h5-12,17,19H,3-4,18H2,1-2H3. The van der Waals surface area contributed by atoms with Crippen LogP contribution in [0.5, 0.6) is 5.75 Å². The lowest BCUT2D eigenvalue weighted by Crippen LogP contribution is -2.28. The zero-order valence-electron chi connectivity index (χ0n) is 12.5. The van der Waals surface area contributed by atoms with E-state index >= 15 is 0 Å². The molecule has 0 aliphatic carbocycles. The van der Waals surface area contributed by atoms with Crippen LogP contribution < -0.4 is 16.0 Å². The fourth-order valence-electron chi connectivity index (χ4n) is 2.23. The lowest BCUT2D eigenvalue weighted by atomic mass is 9.99. The summed E-state index contributed by atoms with van der Waals surface area (Å²) >= 11 is 1.84. The number of benzene rings is 2. The van der Waals surface area contributed by atoms with Crippen LogP contribution in [-0.4, -0.2) is 12.4 Å². The second-order valence-corrected chi connectivity index (χ2v) is 5.94. The van der Waals surface area contributed by atoms with Gasteiger partial charge in [0.1, 0.15) is 5.75 Å².